The van der Waals surface area contributed by atoms with Crippen molar-refractivity contribution in [1.29, 1.82) is 0 Å². The van der Waals surface area contributed by atoms with Gasteiger partial charge in [0, 0.05) is 18.1 Å². The molecule has 2 aliphatic heterocycles. The SMILES string of the molecule is CNCc1cc(O)ccc1CC(=O)NC1C(=O)N2C(C(=O)O)=C(CSc3ccc4nn(CC(=O)O)c(=O)n4n3)CS[C@@H]12. The molecule has 5 N–H and O–H groups in total. The molecule has 0 saturated carbocycles. The first-order valence-electron chi connectivity index (χ1n) is 12.5. The highest BCUT2D eigenvalue weighted by molar-refractivity contribution is 8.01. The molecule has 0 bridgehead atoms. The number of aliphatic carboxylic acids is 2. The van der Waals surface area contributed by atoms with E-state index >= 15 is 0 Å². The molecule has 15 nitrogen and oxygen atoms in total. The number of nitrogens with zero attached hydrogens (tertiary/aromatic N) is 5. The zero-order valence-electron chi connectivity index (χ0n) is 22.0. The lowest BCUT2D eigenvalue weighted by atomic mass is 10.0. The minimum absolute atomic E-state index is 0.0163. The number of fused-ring (bicyclic) bond motifs is 2. The first-order valence-corrected chi connectivity index (χ1v) is 14.6. The molecule has 4 heterocycles. The number of rotatable bonds is 11. The van der Waals surface area contributed by atoms with Crippen molar-refractivity contribution in [2.24, 2.45) is 0 Å². The normalized spacial score (nSPS) is 18.1. The number of thioether (sulfide) groups is 2. The summed E-state index contributed by atoms with van der Waals surface area (Å²) in [5, 5.41) is 42.3. The van der Waals surface area contributed by atoms with Crippen LogP contribution in [0.15, 0.2) is 51.4 Å². The highest BCUT2D eigenvalue weighted by Crippen LogP contribution is 2.41. The van der Waals surface area contributed by atoms with Gasteiger partial charge in [0.25, 0.3) is 5.91 Å². The highest BCUT2D eigenvalue weighted by Gasteiger charge is 2.54. The van der Waals surface area contributed by atoms with Gasteiger partial charge in [0.15, 0.2) is 5.65 Å². The zero-order chi connectivity index (χ0) is 30.1. The van der Waals surface area contributed by atoms with Gasteiger partial charge in [-0.25, -0.2) is 9.59 Å². The van der Waals surface area contributed by atoms with Crippen molar-refractivity contribution < 1.29 is 34.5 Å². The molecule has 220 valence electrons. The lowest BCUT2D eigenvalue weighted by molar-refractivity contribution is -0.150. The molecular weight excluding hydrogens is 590 g/mol. The number of carboxylic acid groups (broad SMARTS) is 2. The summed E-state index contributed by atoms with van der Waals surface area (Å²) in [7, 11) is 1.74. The summed E-state index contributed by atoms with van der Waals surface area (Å²) in [5.41, 5.74) is 1.20. The number of carbonyl (C=O) groups excluding carboxylic acids is 2. The lowest BCUT2D eigenvalue weighted by Gasteiger charge is -2.49. The number of aromatic hydroxyl groups is 1. The maximum Gasteiger partial charge on any atom is 0.367 e. The van der Waals surface area contributed by atoms with E-state index in [-0.39, 0.29) is 29.3 Å². The number of phenols is 1. The Morgan fingerprint density at radius 2 is 1.90 bits per heavy atom. The Hall–Kier alpha value is -4.35. The van der Waals surface area contributed by atoms with Crippen LogP contribution >= 0.6 is 23.5 Å². The standard InChI is InChI=1S/C25H25N7O8S2/c1-26-8-13-6-15(33)3-2-12(13)7-17(34)27-20-22(37)31-21(24(38)39)14(11-42-23(20)31)10-41-18-5-4-16-28-30(9-19(35)36)25(40)32(16)29-18/h2-6,20,23,26,33H,7-11H2,1H3,(H,27,34)(H,35,36)(H,38,39)/t20?,23-/m0/s1. The summed E-state index contributed by atoms with van der Waals surface area (Å²) in [6.07, 6.45) is -0.0163. The van der Waals surface area contributed by atoms with Crippen LogP contribution in [-0.4, -0.2) is 93.3 Å². The Kier molecular flexibility index (Phi) is 8.24. The van der Waals surface area contributed by atoms with Crippen molar-refractivity contribution in [3.8, 4) is 5.75 Å². The quantitative estimate of drug-likeness (QED) is 0.136. The molecule has 1 unspecified atom stereocenters. The molecule has 3 aromatic rings. The van der Waals surface area contributed by atoms with Gasteiger partial charge in [-0.05, 0) is 48.0 Å². The van der Waals surface area contributed by atoms with Crippen molar-refractivity contribution >= 4 is 52.9 Å². The minimum Gasteiger partial charge on any atom is -0.508 e. The maximum absolute atomic E-state index is 13.0. The predicted molar refractivity (Wildman–Crippen MR) is 150 cm³/mol. The number of β-lactam (4-membered cyclic amide) rings is 1. The molecule has 2 aliphatic rings. The fourth-order valence-electron chi connectivity index (χ4n) is 4.69. The van der Waals surface area contributed by atoms with Crippen LogP contribution in [0.3, 0.4) is 0 Å². The monoisotopic (exact) mass is 615 g/mol. The summed E-state index contributed by atoms with van der Waals surface area (Å²) >= 11 is 2.49. The Morgan fingerprint density at radius 3 is 2.62 bits per heavy atom. The highest BCUT2D eigenvalue weighted by atomic mass is 32.2. The molecule has 5 rings (SSSR count). The van der Waals surface area contributed by atoms with E-state index < -0.39 is 47.4 Å². The van der Waals surface area contributed by atoms with Gasteiger partial charge in [-0.1, -0.05) is 6.07 Å². The summed E-state index contributed by atoms with van der Waals surface area (Å²) in [6, 6.07) is 6.89. The molecule has 1 saturated heterocycles. The largest absolute Gasteiger partial charge is 0.508 e. The summed E-state index contributed by atoms with van der Waals surface area (Å²) in [6.45, 7) is -0.176. The number of amides is 2. The number of phenolic OH excluding ortho intramolecular Hbond substituents is 1. The third-order valence-electron chi connectivity index (χ3n) is 6.57. The first-order chi connectivity index (χ1) is 20.1. The van der Waals surface area contributed by atoms with Crippen LogP contribution in [0.25, 0.3) is 5.65 Å². The Labute approximate surface area is 245 Å². The summed E-state index contributed by atoms with van der Waals surface area (Å²) in [4.78, 5) is 62.6. The first kappa shape index (κ1) is 29.2. The second-order valence-corrected chi connectivity index (χ2v) is 11.5. The van der Waals surface area contributed by atoms with Crippen LogP contribution in [0, 0.1) is 0 Å². The van der Waals surface area contributed by atoms with Gasteiger partial charge < -0.3 is 26.0 Å². The van der Waals surface area contributed by atoms with Gasteiger partial charge in [0.05, 0.1) is 6.42 Å². The van der Waals surface area contributed by atoms with E-state index in [0.717, 1.165) is 26.5 Å². The second-order valence-electron chi connectivity index (χ2n) is 9.44. The topological polar surface area (TPSA) is 208 Å². The average Bonchev–Trinajstić information content (AvgIpc) is 3.25. The van der Waals surface area contributed by atoms with Gasteiger partial charge in [0.2, 0.25) is 5.91 Å². The van der Waals surface area contributed by atoms with Crippen molar-refractivity contribution in [2.75, 3.05) is 18.6 Å². The molecule has 42 heavy (non-hydrogen) atoms. The van der Waals surface area contributed by atoms with Gasteiger partial charge in [-0.15, -0.1) is 28.6 Å². The van der Waals surface area contributed by atoms with Crippen molar-refractivity contribution in [3.63, 3.8) is 0 Å². The number of aromatic nitrogens is 4. The smallest absolute Gasteiger partial charge is 0.367 e. The number of nitrogens with one attached hydrogen (secondary N) is 2. The van der Waals surface area contributed by atoms with E-state index in [0.29, 0.717) is 28.5 Å². The maximum atomic E-state index is 13.0. The van der Waals surface area contributed by atoms with Crippen LogP contribution in [0.1, 0.15) is 11.1 Å². The van der Waals surface area contributed by atoms with Crippen molar-refractivity contribution in [1.82, 2.24) is 34.9 Å². The molecule has 0 aliphatic carbocycles. The number of hydrogen-bond acceptors (Lipinski definition) is 11. The van der Waals surface area contributed by atoms with E-state index in [4.69, 9.17) is 5.11 Å². The molecule has 1 aromatic carbocycles. The van der Waals surface area contributed by atoms with Gasteiger partial charge >= 0.3 is 17.6 Å². The third-order valence-corrected chi connectivity index (χ3v) is 8.92. The molecule has 1 fully saturated rings. The number of carboxylic acids is 2. The van der Waals surface area contributed by atoms with Gasteiger partial charge in [-0.3, -0.25) is 19.3 Å². The van der Waals surface area contributed by atoms with Gasteiger partial charge in [-0.2, -0.15) is 14.3 Å². The fraction of sp³-hybridized carbons (Fsp3) is 0.320. The van der Waals surface area contributed by atoms with Crippen molar-refractivity contribution in [3.05, 3.63) is 63.2 Å². The molecule has 17 heteroatoms. The molecule has 2 aromatic heterocycles. The minimum atomic E-state index is -1.27. The molecule has 0 radical (unpaired) electrons. The van der Waals surface area contributed by atoms with Crippen LogP contribution in [0.5, 0.6) is 5.75 Å². The van der Waals surface area contributed by atoms with Gasteiger partial charge in [0.1, 0.15) is 34.4 Å². The van der Waals surface area contributed by atoms with E-state index in [2.05, 4.69) is 20.8 Å². The Balaban J connectivity index is 1.27. The van der Waals surface area contributed by atoms with Crippen molar-refractivity contribution in [2.45, 2.75) is 36.0 Å². The number of carbonyl (C=O) groups is 4. The van der Waals surface area contributed by atoms with E-state index in [9.17, 15) is 34.2 Å². The number of benzene rings is 1. The Morgan fingerprint density at radius 1 is 1.12 bits per heavy atom. The molecular formula is C25H25N7O8S2. The molecule has 2 amide bonds. The molecule has 2 atom stereocenters. The predicted octanol–water partition coefficient (Wildman–Crippen LogP) is -0.526. The Bertz CT molecular complexity index is 1700. The third kappa shape index (κ3) is 5.70. The molecule has 0 spiro atoms. The lowest BCUT2D eigenvalue weighted by Crippen LogP contribution is -2.70. The van der Waals surface area contributed by atoms with E-state index in [1.807, 2.05) is 0 Å². The summed E-state index contributed by atoms with van der Waals surface area (Å²) < 4.78 is 1.74. The fourth-order valence-corrected chi connectivity index (χ4v) is 7.03. The van der Waals surface area contributed by atoms with Crippen LogP contribution < -0.4 is 16.3 Å². The average molecular weight is 616 g/mol. The van der Waals surface area contributed by atoms with E-state index in [1.54, 1.807) is 25.2 Å². The zero-order valence-corrected chi connectivity index (χ0v) is 23.6. The van der Waals surface area contributed by atoms with Crippen LogP contribution in [0.4, 0.5) is 0 Å². The summed E-state index contributed by atoms with van der Waals surface area (Å²) in [5.74, 6) is -2.90. The number of hydrogen-bond donors (Lipinski definition) is 5. The second kappa shape index (κ2) is 11.9. The van der Waals surface area contributed by atoms with E-state index in [1.165, 1.54) is 28.8 Å². The van der Waals surface area contributed by atoms with Crippen LogP contribution in [0.2, 0.25) is 0 Å². The van der Waals surface area contributed by atoms with Crippen LogP contribution in [-0.2, 0) is 38.7 Å².